The lowest BCUT2D eigenvalue weighted by Gasteiger charge is -2.20. The Morgan fingerprint density at radius 2 is 1.95 bits per heavy atom. The van der Waals surface area contributed by atoms with Gasteiger partial charge in [-0.25, -0.2) is 0 Å². The van der Waals surface area contributed by atoms with Crippen molar-refractivity contribution in [2.24, 2.45) is 5.92 Å². The number of carbonyl (C=O) groups excluding carboxylic acids is 1. The van der Waals surface area contributed by atoms with Crippen molar-refractivity contribution in [2.45, 2.75) is 51.9 Å². The molecule has 0 radical (unpaired) electrons. The van der Waals surface area contributed by atoms with Gasteiger partial charge in [-0.15, -0.1) is 0 Å². The Labute approximate surface area is 127 Å². The summed E-state index contributed by atoms with van der Waals surface area (Å²) in [5.74, 6) is -0.0905. The van der Waals surface area contributed by atoms with E-state index in [9.17, 15) is 4.79 Å². The molecule has 0 spiro atoms. The van der Waals surface area contributed by atoms with Gasteiger partial charge in [0.1, 0.15) is 6.61 Å². The zero-order valence-electron chi connectivity index (χ0n) is 12.9. The first-order valence-corrected chi connectivity index (χ1v) is 8.23. The molecular weight excluding hydrogens is 260 g/mol. The number of esters is 1. The summed E-state index contributed by atoms with van der Waals surface area (Å²) in [6.07, 6.45) is 10.2. The first-order valence-electron chi connectivity index (χ1n) is 8.23. The predicted molar refractivity (Wildman–Crippen MR) is 84.2 cm³/mol. The summed E-state index contributed by atoms with van der Waals surface area (Å²) in [5.41, 5.74) is 5.79. The molecule has 0 unspecified atom stereocenters. The first-order chi connectivity index (χ1) is 10.3. The maximum atomic E-state index is 11.5. The first kappa shape index (κ1) is 14.4. The maximum Gasteiger partial charge on any atom is 0.313 e. The SMILES string of the molecule is CC[C@H]1C=C(CCc2ccc3c(c2)CCCC3)COC1=O. The smallest absolute Gasteiger partial charge is 0.313 e. The number of ether oxygens (including phenoxy) is 1. The van der Waals surface area contributed by atoms with Crippen LogP contribution in [0.25, 0.3) is 0 Å². The number of benzene rings is 1. The Hall–Kier alpha value is -1.57. The molecule has 1 aliphatic carbocycles. The number of rotatable bonds is 4. The van der Waals surface area contributed by atoms with Crippen molar-refractivity contribution in [3.8, 4) is 0 Å². The minimum atomic E-state index is -0.0602. The highest BCUT2D eigenvalue weighted by molar-refractivity contribution is 5.75. The van der Waals surface area contributed by atoms with Gasteiger partial charge < -0.3 is 4.74 Å². The molecule has 0 saturated heterocycles. The summed E-state index contributed by atoms with van der Waals surface area (Å²) in [6.45, 7) is 2.52. The van der Waals surface area contributed by atoms with Crippen molar-refractivity contribution < 1.29 is 9.53 Å². The van der Waals surface area contributed by atoms with Crippen LogP contribution in [0.1, 0.15) is 49.3 Å². The lowest BCUT2D eigenvalue weighted by atomic mass is 9.89. The van der Waals surface area contributed by atoms with Gasteiger partial charge in [0.25, 0.3) is 0 Å². The van der Waals surface area contributed by atoms with Gasteiger partial charge in [-0.1, -0.05) is 31.2 Å². The second-order valence-electron chi connectivity index (χ2n) is 6.26. The highest BCUT2D eigenvalue weighted by atomic mass is 16.5. The third-order valence-corrected chi connectivity index (χ3v) is 4.73. The van der Waals surface area contributed by atoms with E-state index in [0.29, 0.717) is 6.61 Å². The van der Waals surface area contributed by atoms with Gasteiger partial charge in [-0.2, -0.15) is 0 Å². The zero-order chi connectivity index (χ0) is 14.7. The summed E-state index contributed by atoms with van der Waals surface area (Å²) in [7, 11) is 0. The molecule has 2 heteroatoms. The number of hydrogen-bond acceptors (Lipinski definition) is 2. The molecule has 0 bridgehead atoms. The van der Waals surface area contributed by atoms with Crippen LogP contribution in [0, 0.1) is 5.92 Å². The zero-order valence-corrected chi connectivity index (χ0v) is 12.9. The van der Waals surface area contributed by atoms with E-state index in [1.165, 1.54) is 36.8 Å². The standard InChI is InChI=1S/C19H24O2/c1-2-16-12-15(13-21-19(16)20)8-7-14-9-10-17-5-3-4-6-18(17)11-14/h9-12,16H,2-8,13H2,1H3/t16-/m0/s1. The quantitative estimate of drug-likeness (QED) is 0.617. The predicted octanol–water partition coefficient (Wildman–Crippen LogP) is 4.01. The van der Waals surface area contributed by atoms with Crippen LogP contribution >= 0.6 is 0 Å². The molecular formula is C19H24O2. The average molecular weight is 284 g/mol. The van der Waals surface area contributed by atoms with Crippen LogP contribution in [-0.2, 0) is 28.8 Å². The summed E-state index contributed by atoms with van der Waals surface area (Å²) >= 11 is 0. The van der Waals surface area contributed by atoms with Crippen LogP contribution in [0.5, 0.6) is 0 Å². The highest BCUT2D eigenvalue weighted by Crippen LogP contribution is 2.24. The topological polar surface area (TPSA) is 26.3 Å². The summed E-state index contributed by atoms with van der Waals surface area (Å²) in [5, 5.41) is 0. The van der Waals surface area contributed by atoms with E-state index in [-0.39, 0.29) is 11.9 Å². The van der Waals surface area contributed by atoms with Crippen LogP contribution in [0.15, 0.2) is 29.8 Å². The van der Waals surface area contributed by atoms with E-state index in [1.54, 1.807) is 11.1 Å². The molecule has 3 rings (SSSR count). The third-order valence-electron chi connectivity index (χ3n) is 4.73. The molecule has 1 aliphatic heterocycles. The van der Waals surface area contributed by atoms with Crippen LogP contribution in [0.3, 0.4) is 0 Å². The molecule has 2 nitrogen and oxygen atoms in total. The Morgan fingerprint density at radius 1 is 1.14 bits per heavy atom. The van der Waals surface area contributed by atoms with Gasteiger partial charge in [0, 0.05) is 0 Å². The molecule has 1 heterocycles. The van der Waals surface area contributed by atoms with E-state index < -0.39 is 0 Å². The van der Waals surface area contributed by atoms with Crippen LogP contribution in [0.4, 0.5) is 0 Å². The molecule has 0 saturated carbocycles. The number of fused-ring (bicyclic) bond motifs is 1. The summed E-state index contributed by atoms with van der Waals surface area (Å²) < 4.78 is 5.27. The van der Waals surface area contributed by atoms with Gasteiger partial charge in [0.05, 0.1) is 5.92 Å². The molecule has 0 N–H and O–H groups in total. The van der Waals surface area contributed by atoms with Crippen LogP contribution in [0.2, 0.25) is 0 Å². The van der Waals surface area contributed by atoms with Gasteiger partial charge in [0.15, 0.2) is 0 Å². The van der Waals surface area contributed by atoms with Gasteiger partial charge in [-0.05, 0) is 67.2 Å². The second-order valence-corrected chi connectivity index (χ2v) is 6.26. The summed E-state index contributed by atoms with van der Waals surface area (Å²) in [4.78, 5) is 11.5. The molecule has 0 aromatic heterocycles. The van der Waals surface area contributed by atoms with Crippen LogP contribution in [-0.4, -0.2) is 12.6 Å². The molecule has 112 valence electrons. The van der Waals surface area contributed by atoms with Crippen molar-refractivity contribution in [1.29, 1.82) is 0 Å². The van der Waals surface area contributed by atoms with E-state index in [2.05, 4.69) is 24.3 Å². The number of carbonyl (C=O) groups is 1. The monoisotopic (exact) mass is 284 g/mol. The molecule has 21 heavy (non-hydrogen) atoms. The minimum Gasteiger partial charge on any atom is -0.461 e. The fourth-order valence-corrected chi connectivity index (χ4v) is 3.36. The number of aryl methyl sites for hydroxylation is 3. The second kappa shape index (κ2) is 6.46. The third kappa shape index (κ3) is 3.37. The van der Waals surface area contributed by atoms with E-state index in [0.717, 1.165) is 19.3 Å². The average Bonchev–Trinajstić information content (AvgIpc) is 2.54. The Kier molecular flexibility index (Phi) is 4.42. The van der Waals surface area contributed by atoms with Gasteiger partial charge in [-0.3, -0.25) is 4.79 Å². The molecule has 1 atom stereocenters. The summed E-state index contributed by atoms with van der Waals surface area (Å²) in [6, 6.07) is 6.98. The Balaban J connectivity index is 1.64. The van der Waals surface area contributed by atoms with Crippen molar-refractivity contribution in [2.75, 3.05) is 6.61 Å². The fourth-order valence-electron chi connectivity index (χ4n) is 3.36. The lowest BCUT2D eigenvalue weighted by molar-refractivity contribution is -0.147. The molecule has 0 fully saturated rings. The van der Waals surface area contributed by atoms with Crippen molar-refractivity contribution in [3.05, 3.63) is 46.5 Å². The molecule has 2 aliphatic rings. The highest BCUT2D eigenvalue weighted by Gasteiger charge is 2.21. The van der Waals surface area contributed by atoms with Crippen molar-refractivity contribution in [3.63, 3.8) is 0 Å². The number of hydrogen-bond donors (Lipinski definition) is 0. The van der Waals surface area contributed by atoms with E-state index in [4.69, 9.17) is 4.74 Å². The van der Waals surface area contributed by atoms with Crippen molar-refractivity contribution >= 4 is 5.97 Å². The van der Waals surface area contributed by atoms with Gasteiger partial charge in [0.2, 0.25) is 0 Å². The molecule has 0 amide bonds. The van der Waals surface area contributed by atoms with E-state index in [1.807, 2.05) is 6.92 Å². The van der Waals surface area contributed by atoms with Crippen molar-refractivity contribution in [1.82, 2.24) is 0 Å². The molecule has 1 aromatic rings. The van der Waals surface area contributed by atoms with E-state index >= 15 is 0 Å². The largest absolute Gasteiger partial charge is 0.461 e. The fraction of sp³-hybridized carbons (Fsp3) is 0.526. The maximum absolute atomic E-state index is 11.5. The number of cyclic esters (lactones) is 1. The lowest BCUT2D eigenvalue weighted by Crippen LogP contribution is -2.22. The Bertz CT molecular complexity index is 557. The van der Waals surface area contributed by atoms with Crippen LogP contribution < -0.4 is 0 Å². The molecule has 1 aromatic carbocycles. The minimum absolute atomic E-state index is 0.0303. The Morgan fingerprint density at radius 3 is 2.76 bits per heavy atom. The van der Waals surface area contributed by atoms with Gasteiger partial charge >= 0.3 is 5.97 Å². The normalized spacial score (nSPS) is 21.5.